The Balaban J connectivity index is 1.72. The van der Waals surface area contributed by atoms with Crippen LogP contribution in [0.3, 0.4) is 0 Å². The molecule has 0 radical (unpaired) electrons. The van der Waals surface area contributed by atoms with Gasteiger partial charge in [0.05, 0.1) is 10.7 Å². The lowest BCUT2D eigenvalue weighted by Gasteiger charge is -2.07. The lowest BCUT2D eigenvalue weighted by Crippen LogP contribution is -2.13. The number of anilines is 1. The molecule has 3 aromatic carbocycles. The fourth-order valence-corrected chi connectivity index (χ4v) is 3.76. The summed E-state index contributed by atoms with van der Waals surface area (Å²) in [6, 6.07) is 21.7. The monoisotopic (exact) mass is 458 g/mol. The van der Waals surface area contributed by atoms with E-state index in [1.54, 1.807) is 23.9 Å². The first-order valence-corrected chi connectivity index (χ1v) is 10.3. The summed E-state index contributed by atoms with van der Waals surface area (Å²) in [5, 5.41) is 13.4. The van der Waals surface area contributed by atoms with Gasteiger partial charge in [-0.1, -0.05) is 58.7 Å². The molecule has 3 rings (SSSR count). The fraction of sp³-hybridized carbons (Fsp3) is 0. The Hall–Kier alpha value is -2.42. The third-order valence-corrected chi connectivity index (χ3v) is 5.60. The second kappa shape index (κ2) is 9.87. The summed E-state index contributed by atoms with van der Waals surface area (Å²) < 4.78 is 0. The highest BCUT2D eigenvalue weighted by atomic mass is 35.5. The molecule has 1 N–H and O–H groups in total. The van der Waals surface area contributed by atoms with Crippen molar-refractivity contribution in [2.45, 2.75) is 9.79 Å². The van der Waals surface area contributed by atoms with E-state index in [-0.39, 0.29) is 5.57 Å². The van der Waals surface area contributed by atoms with Crippen molar-refractivity contribution in [2.75, 3.05) is 5.32 Å². The van der Waals surface area contributed by atoms with E-state index in [2.05, 4.69) is 5.32 Å². The van der Waals surface area contributed by atoms with E-state index in [0.29, 0.717) is 20.8 Å². The Labute approximate surface area is 187 Å². The number of nitriles is 1. The van der Waals surface area contributed by atoms with E-state index in [1.165, 1.54) is 12.1 Å². The van der Waals surface area contributed by atoms with Gasteiger partial charge in [-0.15, -0.1) is 0 Å². The fourth-order valence-electron chi connectivity index (χ4n) is 2.37. The third kappa shape index (κ3) is 6.03. The highest BCUT2D eigenvalue weighted by molar-refractivity contribution is 7.99. The Morgan fingerprint density at radius 3 is 2.07 bits per heavy atom. The van der Waals surface area contributed by atoms with Gasteiger partial charge >= 0.3 is 0 Å². The highest BCUT2D eigenvalue weighted by Crippen LogP contribution is 2.29. The molecule has 0 spiro atoms. The van der Waals surface area contributed by atoms with Gasteiger partial charge in [0, 0.05) is 19.8 Å². The minimum absolute atomic E-state index is 0.0332. The van der Waals surface area contributed by atoms with Crippen LogP contribution >= 0.6 is 46.6 Å². The first kappa shape index (κ1) is 21.3. The van der Waals surface area contributed by atoms with Crippen LogP contribution in [0.1, 0.15) is 5.56 Å². The van der Waals surface area contributed by atoms with Gasteiger partial charge in [-0.25, -0.2) is 0 Å². The summed E-state index contributed by atoms with van der Waals surface area (Å²) in [5.41, 5.74) is 1.09. The Morgan fingerprint density at radius 2 is 1.48 bits per heavy atom. The van der Waals surface area contributed by atoms with Crippen LogP contribution in [-0.2, 0) is 4.79 Å². The van der Waals surface area contributed by atoms with Gasteiger partial charge < -0.3 is 5.32 Å². The van der Waals surface area contributed by atoms with E-state index in [0.717, 1.165) is 15.4 Å². The van der Waals surface area contributed by atoms with Crippen molar-refractivity contribution in [3.8, 4) is 6.07 Å². The molecule has 144 valence electrons. The number of halogens is 3. The number of carbonyl (C=O) groups excluding carboxylic acids is 1. The van der Waals surface area contributed by atoms with Crippen LogP contribution in [-0.4, -0.2) is 5.91 Å². The van der Waals surface area contributed by atoms with E-state index in [9.17, 15) is 10.1 Å². The number of rotatable bonds is 5. The van der Waals surface area contributed by atoms with Gasteiger partial charge in [0.2, 0.25) is 0 Å². The standard InChI is InChI=1S/C22H13Cl3N2OS/c23-16-3-8-19(9-4-16)29-18-6-1-14(2-7-18)11-15(13-26)22(28)27-21-10-5-17(24)12-20(21)25/h1-12H,(H,27,28)/b15-11-. The van der Waals surface area contributed by atoms with Gasteiger partial charge in [0.25, 0.3) is 5.91 Å². The summed E-state index contributed by atoms with van der Waals surface area (Å²) in [6.45, 7) is 0. The van der Waals surface area contributed by atoms with E-state index in [1.807, 2.05) is 54.6 Å². The quantitative estimate of drug-likeness (QED) is 0.321. The lowest BCUT2D eigenvalue weighted by molar-refractivity contribution is -0.112. The molecule has 0 heterocycles. The minimum Gasteiger partial charge on any atom is -0.320 e. The van der Waals surface area contributed by atoms with Crippen LogP contribution in [0, 0.1) is 11.3 Å². The minimum atomic E-state index is -0.545. The van der Waals surface area contributed by atoms with Crippen molar-refractivity contribution in [3.05, 3.63) is 92.9 Å². The highest BCUT2D eigenvalue weighted by Gasteiger charge is 2.12. The topological polar surface area (TPSA) is 52.9 Å². The van der Waals surface area contributed by atoms with Crippen molar-refractivity contribution >= 4 is 64.2 Å². The van der Waals surface area contributed by atoms with Gasteiger partial charge in [0.1, 0.15) is 11.6 Å². The molecule has 0 bridgehead atoms. The Morgan fingerprint density at radius 1 is 0.897 bits per heavy atom. The molecule has 0 saturated heterocycles. The van der Waals surface area contributed by atoms with Crippen molar-refractivity contribution in [1.29, 1.82) is 5.26 Å². The lowest BCUT2D eigenvalue weighted by atomic mass is 10.1. The summed E-state index contributed by atoms with van der Waals surface area (Å²) >= 11 is 19.4. The zero-order valence-electron chi connectivity index (χ0n) is 14.8. The zero-order chi connectivity index (χ0) is 20.8. The largest absolute Gasteiger partial charge is 0.320 e. The van der Waals surface area contributed by atoms with Crippen LogP contribution in [0.15, 0.2) is 82.1 Å². The number of amides is 1. The first-order chi connectivity index (χ1) is 13.9. The summed E-state index contributed by atoms with van der Waals surface area (Å²) in [7, 11) is 0. The van der Waals surface area contributed by atoms with Crippen LogP contribution < -0.4 is 5.32 Å². The smallest absolute Gasteiger partial charge is 0.266 e. The second-order valence-corrected chi connectivity index (χ2v) is 8.30. The van der Waals surface area contributed by atoms with E-state index >= 15 is 0 Å². The van der Waals surface area contributed by atoms with Gasteiger partial charge in [-0.3, -0.25) is 4.79 Å². The van der Waals surface area contributed by atoms with E-state index < -0.39 is 5.91 Å². The number of hydrogen-bond donors (Lipinski definition) is 1. The molecule has 0 aliphatic rings. The number of hydrogen-bond acceptors (Lipinski definition) is 3. The molecular weight excluding hydrogens is 447 g/mol. The second-order valence-electron chi connectivity index (χ2n) is 5.87. The first-order valence-electron chi connectivity index (χ1n) is 8.36. The number of carbonyl (C=O) groups is 1. The third-order valence-electron chi connectivity index (χ3n) is 3.78. The summed E-state index contributed by atoms with van der Waals surface area (Å²) in [4.78, 5) is 14.5. The molecule has 1 amide bonds. The molecule has 0 aliphatic heterocycles. The number of nitrogens with zero attached hydrogens (tertiary/aromatic N) is 1. The van der Waals surface area contributed by atoms with Crippen molar-refractivity contribution in [2.24, 2.45) is 0 Å². The molecule has 0 atom stereocenters. The van der Waals surface area contributed by atoms with Crippen molar-refractivity contribution < 1.29 is 4.79 Å². The summed E-state index contributed by atoms with van der Waals surface area (Å²) in [6.07, 6.45) is 1.52. The van der Waals surface area contributed by atoms with Gasteiger partial charge in [-0.2, -0.15) is 5.26 Å². The molecule has 0 aliphatic carbocycles. The molecule has 0 aromatic heterocycles. The van der Waals surface area contributed by atoms with Crippen LogP contribution in [0.4, 0.5) is 5.69 Å². The van der Waals surface area contributed by atoms with E-state index in [4.69, 9.17) is 34.8 Å². The molecule has 0 unspecified atom stereocenters. The van der Waals surface area contributed by atoms with Crippen LogP contribution in [0.25, 0.3) is 6.08 Å². The SMILES string of the molecule is N#C/C(=C/c1ccc(Sc2ccc(Cl)cc2)cc1)C(=O)Nc1ccc(Cl)cc1Cl. The van der Waals surface area contributed by atoms with Crippen molar-refractivity contribution in [3.63, 3.8) is 0 Å². The average molecular weight is 460 g/mol. The maximum atomic E-state index is 12.4. The molecule has 7 heteroatoms. The molecule has 0 fully saturated rings. The summed E-state index contributed by atoms with van der Waals surface area (Å²) in [5.74, 6) is -0.545. The molecule has 3 aromatic rings. The number of nitrogens with one attached hydrogen (secondary N) is 1. The van der Waals surface area contributed by atoms with Gasteiger partial charge in [-0.05, 0) is 66.2 Å². The zero-order valence-corrected chi connectivity index (χ0v) is 17.9. The van der Waals surface area contributed by atoms with Gasteiger partial charge in [0.15, 0.2) is 0 Å². The Bertz CT molecular complexity index is 1100. The van der Waals surface area contributed by atoms with Crippen LogP contribution in [0.5, 0.6) is 0 Å². The molecule has 3 nitrogen and oxygen atoms in total. The molecular formula is C22H13Cl3N2OS. The maximum Gasteiger partial charge on any atom is 0.266 e. The average Bonchev–Trinajstić information content (AvgIpc) is 2.71. The van der Waals surface area contributed by atoms with Crippen molar-refractivity contribution in [1.82, 2.24) is 0 Å². The van der Waals surface area contributed by atoms with Crippen LogP contribution in [0.2, 0.25) is 15.1 Å². The normalized spacial score (nSPS) is 11.0. The predicted octanol–water partition coefficient (Wildman–Crippen LogP) is 7.34. The molecule has 29 heavy (non-hydrogen) atoms. The predicted molar refractivity (Wildman–Crippen MR) is 121 cm³/mol. The maximum absolute atomic E-state index is 12.4. The Kier molecular flexibility index (Phi) is 7.24. The molecule has 0 saturated carbocycles. The number of benzene rings is 3.